The van der Waals surface area contributed by atoms with Gasteiger partial charge in [0.25, 0.3) is 5.91 Å². The Bertz CT molecular complexity index is 611. The third-order valence-electron chi connectivity index (χ3n) is 3.46. The van der Waals surface area contributed by atoms with Gasteiger partial charge < -0.3 is 4.74 Å². The number of esters is 1. The number of hydrogen-bond acceptors (Lipinski definition) is 6. The van der Waals surface area contributed by atoms with Crippen molar-refractivity contribution in [1.29, 1.82) is 0 Å². The monoisotopic (exact) mass is 383 g/mol. The van der Waals surface area contributed by atoms with E-state index in [1.165, 1.54) is 11.8 Å². The fourth-order valence-corrected chi connectivity index (χ4v) is 4.22. The second kappa shape index (κ2) is 9.96. The summed E-state index contributed by atoms with van der Waals surface area (Å²) in [5.74, 6) is -0.277. The maximum Gasteiger partial charge on any atom is 0.305 e. The Morgan fingerprint density at radius 2 is 2.21 bits per heavy atom. The van der Waals surface area contributed by atoms with Crippen LogP contribution in [0.4, 0.5) is 0 Å². The molecule has 1 aliphatic heterocycles. The van der Waals surface area contributed by atoms with Crippen molar-refractivity contribution >= 4 is 57.6 Å². The highest BCUT2D eigenvalue weighted by atomic mass is 32.2. The highest BCUT2D eigenvalue weighted by Gasteiger charge is 2.31. The Morgan fingerprint density at radius 3 is 2.92 bits per heavy atom. The van der Waals surface area contributed by atoms with E-state index in [4.69, 9.17) is 17.0 Å². The third-order valence-corrected chi connectivity index (χ3v) is 5.66. The van der Waals surface area contributed by atoms with Crippen LogP contribution in [-0.4, -0.2) is 34.2 Å². The largest absolute Gasteiger partial charge is 0.466 e. The van der Waals surface area contributed by atoms with Crippen LogP contribution in [0.2, 0.25) is 0 Å². The van der Waals surface area contributed by atoms with E-state index in [9.17, 15) is 9.59 Å². The van der Waals surface area contributed by atoms with Gasteiger partial charge in [0.2, 0.25) is 0 Å². The molecule has 1 amide bonds. The molecule has 24 heavy (non-hydrogen) atoms. The first-order valence-corrected chi connectivity index (χ1v) is 10.2. The van der Waals surface area contributed by atoms with Gasteiger partial charge in [-0.15, -0.1) is 11.3 Å². The lowest BCUT2D eigenvalue weighted by Gasteiger charge is -2.13. The molecule has 0 atom stereocenters. The van der Waals surface area contributed by atoms with Gasteiger partial charge in [-0.2, -0.15) is 0 Å². The fourth-order valence-electron chi connectivity index (χ4n) is 2.19. The number of thioether (sulfide) groups is 1. The van der Waals surface area contributed by atoms with Crippen molar-refractivity contribution in [1.82, 2.24) is 4.90 Å². The standard InChI is InChI=1S/C17H21NO3S3/c1-2-3-4-10-21-15(19)8-5-9-18-16(20)14(24-17(18)22)12-13-7-6-11-23-13/h6-7,11-12H,2-5,8-10H2,1H3/b14-12+. The van der Waals surface area contributed by atoms with Crippen LogP contribution < -0.4 is 0 Å². The zero-order chi connectivity index (χ0) is 17.4. The Balaban J connectivity index is 1.76. The SMILES string of the molecule is CCCCCOC(=O)CCCN1C(=O)/C(=C\c2cccs2)SC1=S. The van der Waals surface area contributed by atoms with Gasteiger partial charge in [0.15, 0.2) is 0 Å². The normalized spacial score (nSPS) is 16.2. The molecule has 0 spiro atoms. The van der Waals surface area contributed by atoms with Crippen molar-refractivity contribution in [2.24, 2.45) is 0 Å². The minimum atomic E-state index is -0.203. The third kappa shape index (κ3) is 5.72. The molecular weight excluding hydrogens is 362 g/mol. The van der Waals surface area contributed by atoms with E-state index in [1.54, 1.807) is 16.2 Å². The molecule has 0 unspecified atom stereocenters. The van der Waals surface area contributed by atoms with Crippen LogP contribution in [-0.2, 0) is 14.3 Å². The summed E-state index contributed by atoms with van der Waals surface area (Å²) < 4.78 is 5.72. The molecule has 0 aliphatic carbocycles. The second-order valence-corrected chi connectivity index (χ2v) is 8.03. The second-order valence-electron chi connectivity index (χ2n) is 5.38. The molecule has 2 rings (SSSR count). The molecule has 1 aliphatic rings. The van der Waals surface area contributed by atoms with Crippen molar-refractivity contribution in [3.63, 3.8) is 0 Å². The van der Waals surface area contributed by atoms with E-state index < -0.39 is 0 Å². The van der Waals surface area contributed by atoms with Crippen LogP contribution in [0.1, 0.15) is 43.9 Å². The molecule has 1 fully saturated rings. The molecule has 0 N–H and O–H groups in total. The van der Waals surface area contributed by atoms with Crippen LogP contribution in [0.15, 0.2) is 22.4 Å². The molecule has 0 bridgehead atoms. The van der Waals surface area contributed by atoms with Gasteiger partial charge in [0.05, 0.1) is 11.5 Å². The number of unbranched alkanes of at least 4 members (excludes halogenated alkanes) is 2. The Labute approximate surface area is 156 Å². The molecule has 0 radical (unpaired) electrons. The molecule has 2 heterocycles. The zero-order valence-electron chi connectivity index (χ0n) is 13.7. The lowest BCUT2D eigenvalue weighted by atomic mass is 10.2. The van der Waals surface area contributed by atoms with E-state index in [1.807, 2.05) is 23.6 Å². The summed E-state index contributed by atoms with van der Waals surface area (Å²) in [6, 6.07) is 3.91. The molecule has 0 saturated carbocycles. The molecule has 7 heteroatoms. The molecule has 1 saturated heterocycles. The number of ether oxygens (including phenoxy) is 1. The average Bonchev–Trinajstić information content (AvgIpc) is 3.15. The number of thiocarbonyl (C=S) groups is 1. The predicted octanol–water partition coefficient (Wildman–Crippen LogP) is 4.46. The molecule has 130 valence electrons. The molecular formula is C17H21NO3S3. The van der Waals surface area contributed by atoms with E-state index >= 15 is 0 Å². The van der Waals surface area contributed by atoms with Gasteiger partial charge in [0.1, 0.15) is 4.32 Å². The number of hydrogen-bond donors (Lipinski definition) is 0. The van der Waals surface area contributed by atoms with Crippen LogP contribution in [0.25, 0.3) is 6.08 Å². The zero-order valence-corrected chi connectivity index (χ0v) is 16.1. The smallest absolute Gasteiger partial charge is 0.305 e. The van der Waals surface area contributed by atoms with E-state index in [0.29, 0.717) is 35.2 Å². The summed E-state index contributed by atoms with van der Waals surface area (Å²) in [5.41, 5.74) is 0. The first kappa shape index (κ1) is 19.1. The topological polar surface area (TPSA) is 46.6 Å². The summed E-state index contributed by atoms with van der Waals surface area (Å²) in [7, 11) is 0. The highest BCUT2D eigenvalue weighted by molar-refractivity contribution is 8.26. The first-order chi connectivity index (χ1) is 11.6. The molecule has 4 nitrogen and oxygen atoms in total. The van der Waals surface area contributed by atoms with Gasteiger partial charge in [-0.05, 0) is 30.4 Å². The Hall–Kier alpha value is -1.18. The van der Waals surface area contributed by atoms with Crippen molar-refractivity contribution in [2.45, 2.75) is 39.0 Å². The summed E-state index contributed by atoms with van der Waals surface area (Å²) >= 11 is 8.18. The Morgan fingerprint density at radius 1 is 1.38 bits per heavy atom. The number of carbonyl (C=O) groups is 2. The minimum absolute atomic E-state index is 0.0743. The van der Waals surface area contributed by atoms with Crippen molar-refractivity contribution < 1.29 is 14.3 Å². The number of nitrogens with zero attached hydrogens (tertiary/aromatic N) is 1. The lowest BCUT2D eigenvalue weighted by molar-refractivity contribution is -0.144. The fraction of sp³-hybridized carbons (Fsp3) is 0.471. The minimum Gasteiger partial charge on any atom is -0.466 e. The van der Waals surface area contributed by atoms with Gasteiger partial charge >= 0.3 is 5.97 Å². The summed E-state index contributed by atoms with van der Waals surface area (Å²) in [4.78, 5) is 27.3. The lowest BCUT2D eigenvalue weighted by Crippen LogP contribution is -2.29. The first-order valence-electron chi connectivity index (χ1n) is 8.06. The van der Waals surface area contributed by atoms with E-state index in [0.717, 1.165) is 24.1 Å². The van der Waals surface area contributed by atoms with E-state index in [-0.39, 0.29) is 11.9 Å². The van der Waals surface area contributed by atoms with Gasteiger partial charge in [-0.1, -0.05) is 49.8 Å². The summed E-state index contributed by atoms with van der Waals surface area (Å²) in [6.45, 7) is 3.05. The highest BCUT2D eigenvalue weighted by Crippen LogP contribution is 2.33. The summed E-state index contributed by atoms with van der Waals surface area (Å²) in [5, 5.41) is 1.97. The van der Waals surface area contributed by atoms with Crippen LogP contribution in [0.5, 0.6) is 0 Å². The number of thiophene rings is 1. The average molecular weight is 384 g/mol. The van der Waals surface area contributed by atoms with Crippen molar-refractivity contribution in [3.8, 4) is 0 Å². The number of rotatable bonds is 9. The van der Waals surface area contributed by atoms with Crippen LogP contribution in [0, 0.1) is 0 Å². The van der Waals surface area contributed by atoms with Crippen LogP contribution in [0.3, 0.4) is 0 Å². The Kier molecular flexibility index (Phi) is 7.94. The maximum absolute atomic E-state index is 12.4. The number of carbonyl (C=O) groups excluding carboxylic acids is 2. The molecule has 1 aromatic heterocycles. The summed E-state index contributed by atoms with van der Waals surface area (Å²) in [6.07, 6.45) is 5.82. The van der Waals surface area contributed by atoms with Crippen LogP contribution >= 0.6 is 35.3 Å². The van der Waals surface area contributed by atoms with Crippen molar-refractivity contribution in [2.75, 3.05) is 13.2 Å². The number of amides is 1. The van der Waals surface area contributed by atoms with Gasteiger partial charge in [-0.3, -0.25) is 14.5 Å². The van der Waals surface area contributed by atoms with E-state index in [2.05, 4.69) is 6.92 Å². The quantitative estimate of drug-likeness (QED) is 0.273. The molecule has 0 aromatic carbocycles. The van der Waals surface area contributed by atoms with Gasteiger partial charge in [0, 0.05) is 17.8 Å². The maximum atomic E-state index is 12.4. The predicted molar refractivity (Wildman–Crippen MR) is 104 cm³/mol. The molecule has 1 aromatic rings. The van der Waals surface area contributed by atoms with Crippen molar-refractivity contribution in [3.05, 3.63) is 27.3 Å². The van der Waals surface area contributed by atoms with Gasteiger partial charge in [-0.25, -0.2) is 0 Å².